The molecular formula is C13H16N2O2. The van der Waals surface area contributed by atoms with Gasteiger partial charge in [-0.05, 0) is 37.6 Å². The molecule has 2 rings (SSSR count). The standard InChI is InChI=1S/C13H16N2O2/c1-4-12-9(2)13(15(3)14-12)17-11-7-5-10(16)6-8-11/h5-8,16H,4H2,1-3H3. The number of phenols is 1. The number of aromatic nitrogens is 2. The molecule has 0 saturated heterocycles. The molecule has 0 aliphatic carbocycles. The Balaban J connectivity index is 2.29. The molecule has 1 N–H and O–H groups in total. The van der Waals surface area contributed by atoms with Gasteiger partial charge >= 0.3 is 0 Å². The first-order valence-electron chi connectivity index (χ1n) is 5.61. The van der Waals surface area contributed by atoms with Crippen molar-refractivity contribution in [3.63, 3.8) is 0 Å². The molecule has 0 unspecified atom stereocenters. The van der Waals surface area contributed by atoms with E-state index in [1.807, 2.05) is 14.0 Å². The van der Waals surface area contributed by atoms with Crippen LogP contribution in [-0.4, -0.2) is 14.9 Å². The van der Waals surface area contributed by atoms with Crippen molar-refractivity contribution < 1.29 is 9.84 Å². The quantitative estimate of drug-likeness (QED) is 0.885. The second-order valence-corrected chi connectivity index (χ2v) is 3.95. The third-order valence-corrected chi connectivity index (χ3v) is 2.70. The van der Waals surface area contributed by atoms with E-state index in [4.69, 9.17) is 4.74 Å². The van der Waals surface area contributed by atoms with E-state index < -0.39 is 0 Å². The first-order chi connectivity index (χ1) is 8.11. The van der Waals surface area contributed by atoms with E-state index in [1.165, 1.54) is 0 Å². The van der Waals surface area contributed by atoms with Gasteiger partial charge in [-0.25, -0.2) is 4.68 Å². The third kappa shape index (κ3) is 2.25. The fraction of sp³-hybridized carbons (Fsp3) is 0.308. The summed E-state index contributed by atoms with van der Waals surface area (Å²) in [6.45, 7) is 4.07. The minimum Gasteiger partial charge on any atom is -0.508 e. The average Bonchev–Trinajstić information content (AvgIpc) is 2.59. The van der Waals surface area contributed by atoms with Crippen molar-refractivity contribution in [3.8, 4) is 17.4 Å². The van der Waals surface area contributed by atoms with Crippen LogP contribution in [0.5, 0.6) is 17.4 Å². The van der Waals surface area contributed by atoms with Crippen LogP contribution in [0.25, 0.3) is 0 Å². The van der Waals surface area contributed by atoms with Crippen molar-refractivity contribution in [2.75, 3.05) is 0 Å². The highest BCUT2D eigenvalue weighted by atomic mass is 16.5. The van der Waals surface area contributed by atoms with Crippen LogP contribution in [-0.2, 0) is 13.5 Å². The molecule has 0 aliphatic rings. The maximum Gasteiger partial charge on any atom is 0.220 e. The van der Waals surface area contributed by atoms with Crippen molar-refractivity contribution in [2.24, 2.45) is 7.05 Å². The molecule has 0 bridgehead atoms. The minimum absolute atomic E-state index is 0.230. The van der Waals surface area contributed by atoms with E-state index in [2.05, 4.69) is 12.0 Å². The first kappa shape index (κ1) is 11.5. The maximum absolute atomic E-state index is 9.20. The van der Waals surface area contributed by atoms with Gasteiger partial charge < -0.3 is 9.84 Å². The molecule has 2 aromatic rings. The van der Waals surface area contributed by atoms with E-state index in [-0.39, 0.29) is 5.75 Å². The predicted octanol–water partition coefficient (Wildman–Crippen LogP) is 2.79. The number of aryl methyl sites for hydroxylation is 2. The zero-order valence-corrected chi connectivity index (χ0v) is 10.3. The largest absolute Gasteiger partial charge is 0.508 e. The molecule has 0 spiro atoms. The molecule has 0 radical (unpaired) electrons. The maximum atomic E-state index is 9.20. The van der Waals surface area contributed by atoms with Crippen LogP contribution in [0.4, 0.5) is 0 Å². The summed E-state index contributed by atoms with van der Waals surface area (Å²) in [5.74, 6) is 1.66. The molecular weight excluding hydrogens is 216 g/mol. The summed E-state index contributed by atoms with van der Waals surface area (Å²) in [5.41, 5.74) is 2.10. The topological polar surface area (TPSA) is 47.3 Å². The second kappa shape index (κ2) is 4.49. The van der Waals surface area contributed by atoms with Gasteiger partial charge in [0.2, 0.25) is 5.88 Å². The van der Waals surface area contributed by atoms with Crippen LogP contribution in [0.15, 0.2) is 24.3 Å². The summed E-state index contributed by atoms with van der Waals surface area (Å²) in [6.07, 6.45) is 0.888. The Morgan fingerprint density at radius 1 is 1.29 bits per heavy atom. The Labute approximate surface area is 100 Å². The Morgan fingerprint density at radius 3 is 2.47 bits per heavy atom. The van der Waals surface area contributed by atoms with Crippen molar-refractivity contribution in [2.45, 2.75) is 20.3 Å². The monoisotopic (exact) mass is 232 g/mol. The lowest BCUT2D eigenvalue weighted by Crippen LogP contribution is -1.95. The number of hydrogen-bond acceptors (Lipinski definition) is 3. The number of hydrogen-bond donors (Lipinski definition) is 1. The Kier molecular flexibility index (Phi) is 3.04. The molecule has 0 saturated carbocycles. The highest BCUT2D eigenvalue weighted by molar-refractivity contribution is 5.37. The zero-order chi connectivity index (χ0) is 12.4. The Morgan fingerprint density at radius 2 is 1.94 bits per heavy atom. The normalized spacial score (nSPS) is 10.5. The lowest BCUT2D eigenvalue weighted by atomic mass is 10.2. The van der Waals surface area contributed by atoms with Crippen LogP contribution in [0.2, 0.25) is 0 Å². The number of benzene rings is 1. The molecule has 0 atom stereocenters. The highest BCUT2D eigenvalue weighted by Crippen LogP contribution is 2.27. The zero-order valence-electron chi connectivity index (χ0n) is 10.3. The van der Waals surface area contributed by atoms with E-state index in [1.54, 1.807) is 28.9 Å². The molecule has 17 heavy (non-hydrogen) atoms. The van der Waals surface area contributed by atoms with Gasteiger partial charge in [-0.2, -0.15) is 5.10 Å². The second-order valence-electron chi connectivity index (χ2n) is 3.95. The van der Waals surface area contributed by atoms with Crippen LogP contribution in [0.3, 0.4) is 0 Å². The fourth-order valence-electron chi connectivity index (χ4n) is 1.77. The van der Waals surface area contributed by atoms with Gasteiger partial charge in [-0.1, -0.05) is 6.92 Å². The minimum atomic E-state index is 0.230. The van der Waals surface area contributed by atoms with Crippen molar-refractivity contribution in [3.05, 3.63) is 35.5 Å². The van der Waals surface area contributed by atoms with Crippen LogP contribution in [0, 0.1) is 6.92 Å². The lowest BCUT2D eigenvalue weighted by Gasteiger charge is -2.06. The number of nitrogens with zero attached hydrogens (tertiary/aromatic N) is 2. The number of aromatic hydroxyl groups is 1. The number of ether oxygens (including phenoxy) is 1. The van der Waals surface area contributed by atoms with Gasteiger partial charge in [-0.15, -0.1) is 0 Å². The molecule has 1 aromatic carbocycles. The van der Waals surface area contributed by atoms with Gasteiger partial charge in [0.05, 0.1) is 5.69 Å². The van der Waals surface area contributed by atoms with Crippen LogP contribution < -0.4 is 4.74 Å². The molecule has 4 heteroatoms. The first-order valence-corrected chi connectivity index (χ1v) is 5.61. The summed E-state index contributed by atoms with van der Waals surface area (Å²) in [5, 5.41) is 13.6. The smallest absolute Gasteiger partial charge is 0.220 e. The Hall–Kier alpha value is -1.97. The van der Waals surface area contributed by atoms with Crippen molar-refractivity contribution >= 4 is 0 Å². The van der Waals surface area contributed by atoms with Gasteiger partial charge in [0.25, 0.3) is 0 Å². The number of phenolic OH excluding ortho intramolecular Hbond substituents is 1. The van der Waals surface area contributed by atoms with Crippen molar-refractivity contribution in [1.82, 2.24) is 9.78 Å². The molecule has 0 fully saturated rings. The van der Waals surface area contributed by atoms with E-state index in [0.29, 0.717) is 5.75 Å². The van der Waals surface area contributed by atoms with E-state index >= 15 is 0 Å². The molecule has 90 valence electrons. The lowest BCUT2D eigenvalue weighted by molar-refractivity contribution is 0.425. The number of rotatable bonds is 3. The summed E-state index contributed by atoms with van der Waals surface area (Å²) in [7, 11) is 1.86. The fourth-order valence-corrected chi connectivity index (χ4v) is 1.77. The Bertz CT molecular complexity index is 515. The summed E-state index contributed by atoms with van der Waals surface area (Å²) in [4.78, 5) is 0. The SMILES string of the molecule is CCc1nn(C)c(Oc2ccc(O)cc2)c1C. The van der Waals surface area contributed by atoms with Crippen molar-refractivity contribution in [1.29, 1.82) is 0 Å². The van der Waals surface area contributed by atoms with Gasteiger partial charge in [-0.3, -0.25) is 0 Å². The summed E-state index contributed by atoms with van der Waals surface area (Å²) < 4.78 is 7.50. The van der Waals surface area contributed by atoms with Crippen LogP contribution >= 0.6 is 0 Å². The van der Waals surface area contributed by atoms with Gasteiger partial charge in [0.15, 0.2) is 0 Å². The third-order valence-electron chi connectivity index (χ3n) is 2.70. The molecule has 1 aromatic heterocycles. The molecule has 1 heterocycles. The van der Waals surface area contributed by atoms with Crippen LogP contribution in [0.1, 0.15) is 18.2 Å². The summed E-state index contributed by atoms with van der Waals surface area (Å²) >= 11 is 0. The molecule has 0 amide bonds. The average molecular weight is 232 g/mol. The highest BCUT2D eigenvalue weighted by Gasteiger charge is 2.12. The molecule has 0 aliphatic heterocycles. The summed E-state index contributed by atoms with van der Waals surface area (Å²) in [6, 6.07) is 6.66. The van der Waals surface area contributed by atoms with E-state index in [0.717, 1.165) is 23.6 Å². The van der Waals surface area contributed by atoms with Gasteiger partial charge in [0.1, 0.15) is 11.5 Å². The molecule has 4 nitrogen and oxygen atoms in total. The van der Waals surface area contributed by atoms with Gasteiger partial charge in [0, 0.05) is 12.6 Å². The predicted molar refractivity (Wildman–Crippen MR) is 65.5 cm³/mol. The van der Waals surface area contributed by atoms with E-state index in [9.17, 15) is 5.11 Å².